The fraction of sp³-hybridized carbons (Fsp3) is 0.958. The third-order valence-electron chi connectivity index (χ3n) is 9.42. The fourth-order valence-corrected chi connectivity index (χ4v) is 9.36. The lowest BCUT2D eigenvalue weighted by Gasteiger charge is -2.54. The van der Waals surface area contributed by atoms with Crippen LogP contribution in [0.2, 0.25) is 0 Å². The molecule has 5 aliphatic rings. The number of nitrogens with zero attached hydrogens (tertiary/aromatic N) is 3. The van der Waals surface area contributed by atoms with Crippen molar-refractivity contribution in [1.82, 2.24) is 25.6 Å². The molecule has 0 aromatic rings. The summed E-state index contributed by atoms with van der Waals surface area (Å²) in [6, 6.07) is -2.35. The Balaban J connectivity index is 1.26. The van der Waals surface area contributed by atoms with Crippen molar-refractivity contribution in [3.05, 3.63) is 0 Å². The van der Waals surface area contributed by atoms with E-state index in [1.165, 1.54) is 0 Å². The Kier molecular flexibility index (Phi) is 8.27. The second-order valence-electron chi connectivity index (χ2n) is 11.7. The van der Waals surface area contributed by atoms with Crippen molar-refractivity contribution < 1.29 is 30.8 Å². The number of fused-ring (bicyclic) bond motifs is 3. The van der Waals surface area contributed by atoms with Gasteiger partial charge in [0.1, 0.15) is 22.1 Å². The van der Waals surface area contributed by atoms with E-state index < -0.39 is 52.0 Å². The minimum atomic E-state index is -4.71. The number of halogens is 5. The lowest BCUT2D eigenvalue weighted by molar-refractivity contribution is -0.205. The molecule has 5 rings (SSSR count). The number of rotatable bonds is 4. The van der Waals surface area contributed by atoms with Crippen molar-refractivity contribution in [3.8, 4) is 0 Å². The van der Waals surface area contributed by atoms with Crippen molar-refractivity contribution in [1.29, 1.82) is 0 Å². The van der Waals surface area contributed by atoms with Crippen molar-refractivity contribution in [2.45, 2.75) is 99.5 Å². The van der Waals surface area contributed by atoms with Crippen LogP contribution in [-0.2, 0) is 14.6 Å². The highest BCUT2D eigenvalue weighted by molar-refractivity contribution is 7.91. The number of hydrogen-bond donors (Lipinski definition) is 2. The van der Waals surface area contributed by atoms with E-state index in [-0.39, 0.29) is 60.9 Å². The molecular formula is C24H38ClF4N5O3S. The molecule has 4 aliphatic heterocycles. The van der Waals surface area contributed by atoms with Crippen LogP contribution in [0.5, 0.6) is 0 Å². The number of nitrogens with one attached hydrogen (secondary N) is 2. The molecule has 8 nitrogen and oxygen atoms in total. The van der Waals surface area contributed by atoms with Crippen LogP contribution in [0.4, 0.5) is 17.6 Å². The van der Waals surface area contributed by atoms with E-state index in [4.69, 9.17) is 11.6 Å². The van der Waals surface area contributed by atoms with E-state index in [0.717, 1.165) is 31.2 Å². The third kappa shape index (κ3) is 5.70. The molecule has 1 saturated carbocycles. The molecule has 0 aromatic carbocycles. The number of carbonyl (C=O) groups excluding carboxylic acids is 1. The second-order valence-corrected chi connectivity index (χ2v) is 14.5. The van der Waals surface area contributed by atoms with Crippen LogP contribution in [0.25, 0.3) is 0 Å². The van der Waals surface area contributed by atoms with Crippen LogP contribution in [0.15, 0.2) is 0 Å². The van der Waals surface area contributed by atoms with Gasteiger partial charge in [0.15, 0.2) is 0 Å². The lowest BCUT2D eigenvalue weighted by Crippen LogP contribution is -2.71. The highest BCUT2D eigenvalue weighted by Gasteiger charge is 2.54. The Hall–Kier alpha value is -0.730. The molecule has 14 heteroatoms. The monoisotopic (exact) mass is 587 g/mol. The number of likely N-dealkylation sites (tertiary alicyclic amines) is 1. The Morgan fingerprint density at radius 1 is 1.05 bits per heavy atom. The first-order valence-electron chi connectivity index (χ1n) is 13.7. The smallest absolute Gasteiger partial charge is 0.333 e. The van der Waals surface area contributed by atoms with Crippen LogP contribution in [0, 0.1) is 11.8 Å². The van der Waals surface area contributed by atoms with E-state index in [2.05, 4.69) is 20.7 Å². The summed E-state index contributed by atoms with van der Waals surface area (Å²) < 4.78 is 82.1. The van der Waals surface area contributed by atoms with Crippen LogP contribution in [0.3, 0.4) is 0 Å². The third-order valence-corrected chi connectivity index (χ3v) is 11.4. The first kappa shape index (κ1) is 28.8. The van der Waals surface area contributed by atoms with Crippen LogP contribution in [-0.4, -0.2) is 109 Å². The number of sulfone groups is 1. The molecule has 5 fully saturated rings. The van der Waals surface area contributed by atoms with E-state index >= 15 is 4.39 Å². The van der Waals surface area contributed by atoms with Gasteiger partial charge in [0.05, 0.1) is 23.2 Å². The van der Waals surface area contributed by atoms with E-state index in [1.54, 1.807) is 0 Å². The van der Waals surface area contributed by atoms with Gasteiger partial charge in [0.2, 0.25) is 5.91 Å². The van der Waals surface area contributed by atoms with E-state index in [0.29, 0.717) is 19.5 Å². The number of piperidine rings is 1. The van der Waals surface area contributed by atoms with Gasteiger partial charge in [0, 0.05) is 44.1 Å². The van der Waals surface area contributed by atoms with Gasteiger partial charge in [-0.25, -0.2) is 23.2 Å². The highest BCUT2D eigenvalue weighted by atomic mass is 35.5. The van der Waals surface area contributed by atoms with Crippen molar-refractivity contribution in [3.63, 3.8) is 0 Å². The normalized spacial score (nSPS) is 39.8. The van der Waals surface area contributed by atoms with Crippen molar-refractivity contribution in [2.24, 2.45) is 11.8 Å². The van der Waals surface area contributed by atoms with Crippen molar-refractivity contribution >= 4 is 27.3 Å². The second kappa shape index (κ2) is 10.9. The van der Waals surface area contributed by atoms with Gasteiger partial charge in [0.25, 0.3) is 0 Å². The Labute approximate surface area is 226 Å². The Morgan fingerprint density at radius 3 is 2.42 bits per heavy atom. The molecule has 8 atom stereocenters. The molecule has 0 radical (unpaired) electrons. The molecule has 2 N–H and O–H groups in total. The topological polar surface area (TPSA) is 85.0 Å². The molecule has 0 aromatic heterocycles. The van der Waals surface area contributed by atoms with Crippen LogP contribution in [0.1, 0.15) is 51.4 Å². The summed E-state index contributed by atoms with van der Waals surface area (Å²) in [4.78, 5) is 15.9. The molecular weight excluding hydrogens is 550 g/mol. The maximum Gasteiger partial charge on any atom is 0.409 e. The summed E-state index contributed by atoms with van der Waals surface area (Å²) in [5.74, 6) is -2.90. The molecule has 4 saturated heterocycles. The van der Waals surface area contributed by atoms with Gasteiger partial charge in [-0.2, -0.15) is 13.2 Å². The maximum atomic E-state index is 15.8. The van der Waals surface area contributed by atoms with E-state index in [9.17, 15) is 26.4 Å². The number of alkyl halides is 5. The highest BCUT2D eigenvalue weighted by Crippen LogP contribution is 2.42. The molecule has 38 heavy (non-hydrogen) atoms. The van der Waals surface area contributed by atoms with Gasteiger partial charge in [-0.3, -0.25) is 15.0 Å². The zero-order valence-corrected chi connectivity index (χ0v) is 23.1. The summed E-state index contributed by atoms with van der Waals surface area (Å²) in [5.41, 5.74) is 3.14. The summed E-state index contributed by atoms with van der Waals surface area (Å²) in [6.45, 7) is 1.39. The molecule has 218 valence electrons. The van der Waals surface area contributed by atoms with Gasteiger partial charge in [-0.15, -0.1) is 11.6 Å². The molecule has 4 heterocycles. The molecule has 0 spiro atoms. The zero-order chi connectivity index (χ0) is 27.4. The van der Waals surface area contributed by atoms with E-state index in [1.807, 2.05) is 0 Å². The number of carbonyl (C=O) groups is 1. The maximum absolute atomic E-state index is 15.8. The molecule has 7 unspecified atom stereocenters. The average Bonchev–Trinajstić information content (AvgIpc) is 3.23. The average molecular weight is 588 g/mol. The lowest BCUT2D eigenvalue weighted by atomic mass is 9.77. The summed E-state index contributed by atoms with van der Waals surface area (Å²) in [6.07, 6.45) is -3.17. The Morgan fingerprint density at radius 2 is 1.76 bits per heavy atom. The summed E-state index contributed by atoms with van der Waals surface area (Å²) in [5, 5.41) is 5.64. The first-order valence-corrected chi connectivity index (χ1v) is 16.0. The van der Waals surface area contributed by atoms with Gasteiger partial charge in [-0.1, -0.05) is 0 Å². The largest absolute Gasteiger partial charge is 0.409 e. The number of hydrogen-bond acceptors (Lipinski definition) is 7. The zero-order valence-electron chi connectivity index (χ0n) is 21.5. The molecule has 1 aliphatic carbocycles. The van der Waals surface area contributed by atoms with Crippen LogP contribution >= 0.6 is 11.6 Å². The van der Waals surface area contributed by atoms with Crippen LogP contribution < -0.4 is 10.7 Å². The molecule has 0 bridgehead atoms. The summed E-state index contributed by atoms with van der Waals surface area (Å²) in [7, 11) is -2.12. The van der Waals surface area contributed by atoms with Gasteiger partial charge in [-0.05, 0) is 57.4 Å². The standard InChI is InChI=1S/C24H38ClF4N5O3S/c1-32(23(35)14-6-9-38(36,37)10-7-14)22(24(27,28)29)15-4-5-17(16(26)11-15)33-8-2-3-18-19(33)13-30-21-12-20(25)31-34(18)21/h14-22,30-31H,2-13H2,1H3/t15?,16?,17?,18?,19?,20?,21?,22-/m0/s1. The predicted octanol–water partition coefficient (Wildman–Crippen LogP) is 2.24. The van der Waals surface area contributed by atoms with Crippen molar-refractivity contribution in [2.75, 3.05) is 31.6 Å². The first-order chi connectivity index (χ1) is 17.9. The molecule has 1 amide bonds. The van der Waals surface area contributed by atoms with Gasteiger partial charge >= 0.3 is 6.18 Å². The Bertz CT molecular complexity index is 977. The summed E-state index contributed by atoms with van der Waals surface area (Å²) >= 11 is 6.31. The van der Waals surface area contributed by atoms with Gasteiger partial charge < -0.3 is 4.90 Å². The number of amides is 1. The SMILES string of the molecule is CN(C(=O)C1CCS(=O)(=O)CC1)[C@@H](C1CCC(N2CCCC3C2CNC2CC(Cl)NN23)C(F)C1)C(F)(F)F. The quantitative estimate of drug-likeness (QED) is 0.297. The minimum Gasteiger partial charge on any atom is -0.333 e. The minimum absolute atomic E-state index is 0.0251. The predicted molar refractivity (Wildman–Crippen MR) is 135 cm³/mol. The fourth-order valence-electron chi connectivity index (χ4n) is 7.59. The number of hydrazine groups is 1.